The Balaban J connectivity index is 2.31. The molecule has 17 heavy (non-hydrogen) atoms. The fourth-order valence-corrected chi connectivity index (χ4v) is 2.29. The van der Waals surface area contributed by atoms with E-state index < -0.39 is 12.0 Å². The number of hydrogen-bond acceptors (Lipinski definition) is 2. The molecule has 0 spiro atoms. The molecule has 2 rings (SSSR count). The minimum Gasteiger partial charge on any atom is -0.480 e. The Hall–Kier alpha value is -1.42. The molecule has 1 atom stereocenters. The molecule has 3 nitrogen and oxygen atoms in total. The van der Waals surface area contributed by atoms with Gasteiger partial charge in [0.1, 0.15) is 11.9 Å². The number of carboxylic acid groups (broad SMARTS) is 1. The first-order valence-corrected chi connectivity index (χ1v) is 5.82. The predicted octanol–water partition coefficient (Wildman–Crippen LogP) is 2.36. The highest BCUT2D eigenvalue weighted by Gasteiger charge is 2.29. The molecule has 92 valence electrons. The summed E-state index contributed by atoms with van der Waals surface area (Å²) in [6.45, 7) is 3.21. The third-order valence-corrected chi connectivity index (χ3v) is 3.25. The van der Waals surface area contributed by atoms with E-state index in [1.165, 1.54) is 6.07 Å². The molecule has 1 heterocycles. The largest absolute Gasteiger partial charge is 0.480 e. The zero-order valence-corrected chi connectivity index (χ0v) is 9.82. The van der Waals surface area contributed by atoms with Crippen LogP contribution in [0.4, 0.5) is 4.39 Å². The number of nitrogens with zero attached hydrogens (tertiary/aromatic N) is 1. The second-order valence-electron chi connectivity index (χ2n) is 4.49. The van der Waals surface area contributed by atoms with Gasteiger partial charge in [0.2, 0.25) is 0 Å². The van der Waals surface area contributed by atoms with Crippen molar-refractivity contribution in [1.82, 2.24) is 4.90 Å². The van der Waals surface area contributed by atoms with Crippen molar-refractivity contribution >= 4 is 5.97 Å². The van der Waals surface area contributed by atoms with Gasteiger partial charge in [-0.2, -0.15) is 0 Å². The van der Waals surface area contributed by atoms with Gasteiger partial charge in [-0.05, 0) is 50.0 Å². The van der Waals surface area contributed by atoms with E-state index in [2.05, 4.69) is 0 Å². The zero-order chi connectivity index (χ0) is 12.4. The van der Waals surface area contributed by atoms with Crippen molar-refractivity contribution in [3.05, 3.63) is 35.1 Å². The van der Waals surface area contributed by atoms with Crippen LogP contribution in [0.5, 0.6) is 0 Å². The first-order valence-electron chi connectivity index (χ1n) is 5.82. The standard InChI is InChI=1S/C13H16FNO2/c1-9-4-5-10(8-11(9)14)12(13(16)17)15-6-2-3-7-15/h4-5,8,12H,2-3,6-7H2,1H3,(H,16,17). The van der Waals surface area contributed by atoms with E-state index >= 15 is 0 Å². The lowest BCUT2D eigenvalue weighted by Crippen LogP contribution is -2.31. The van der Waals surface area contributed by atoms with Crippen LogP contribution in [-0.4, -0.2) is 29.1 Å². The van der Waals surface area contributed by atoms with Crippen LogP contribution >= 0.6 is 0 Å². The molecule has 1 aromatic carbocycles. The molecular formula is C13H16FNO2. The Bertz CT molecular complexity index is 427. The van der Waals surface area contributed by atoms with Crippen molar-refractivity contribution in [2.45, 2.75) is 25.8 Å². The lowest BCUT2D eigenvalue weighted by Gasteiger charge is -2.24. The Kier molecular flexibility index (Phi) is 3.43. The van der Waals surface area contributed by atoms with Gasteiger partial charge < -0.3 is 5.11 Å². The number of carboxylic acids is 1. The lowest BCUT2D eigenvalue weighted by atomic mass is 10.0. The highest BCUT2D eigenvalue weighted by atomic mass is 19.1. The predicted molar refractivity (Wildman–Crippen MR) is 62.3 cm³/mol. The molecule has 4 heteroatoms. The fourth-order valence-electron chi connectivity index (χ4n) is 2.29. The van der Waals surface area contributed by atoms with Crippen LogP contribution in [0.1, 0.15) is 30.0 Å². The van der Waals surface area contributed by atoms with Crippen LogP contribution in [0.3, 0.4) is 0 Å². The van der Waals surface area contributed by atoms with Gasteiger partial charge >= 0.3 is 5.97 Å². The van der Waals surface area contributed by atoms with Crippen LogP contribution in [-0.2, 0) is 4.79 Å². The van der Waals surface area contributed by atoms with E-state index in [0.717, 1.165) is 25.9 Å². The average molecular weight is 237 g/mol. The van der Waals surface area contributed by atoms with Gasteiger partial charge in [-0.1, -0.05) is 12.1 Å². The number of rotatable bonds is 3. The molecule has 1 aliphatic heterocycles. The molecule has 0 saturated carbocycles. The molecular weight excluding hydrogens is 221 g/mol. The van der Waals surface area contributed by atoms with Gasteiger partial charge in [-0.25, -0.2) is 4.39 Å². The van der Waals surface area contributed by atoms with Crippen molar-refractivity contribution < 1.29 is 14.3 Å². The number of likely N-dealkylation sites (tertiary alicyclic amines) is 1. The normalized spacial score (nSPS) is 18.2. The summed E-state index contributed by atoms with van der Waals surface area (Å²) in [4.78, 5) is 13.2. The summed E-state index contributed by atoms with van der Waals surface area (Å²) in [7, 11) is 0. The Labute approximate surface area is 99.9 Å². The van der Waals surface area contributed by atoms with E-state index in [1.54, 1.807) is 19.1 Å². The highest BCUT2D eigenvalue weighted by Crippen LogP contribution is 2.26. The third kappa shape index (κ3) is 2.47. The first-order chi connectivity index (χ1) is 8.09. The number of halogens is 1. The van der Waals surface area contributed by atoms with Gasteiger partial charge in [0.05, 0.1) is 0 Å². The minimum atomic E-state index is -0.907. The maximum absolute atomic E-state index is 13.5. The van der Waals surface area contributed by atoms with Crippen molar-refractivity contribution in [2.75, 3.05) is 13.1 Å². The SMILES string of the molecule is Cc1ccc(C(C(=O)O)N2CCCC2)cc1F. The summed E-state index contributed by atoms with van der Waals surface area (Å²) in [5, 5.41) is 9.28. The van der Waals surface area contributed by atoms with Crippen LogP contribution in [0.15, 0.2) is 18.2 Å². The second-order valence-corrected chi connectivity index (χ2v) is 4.49. The van der Waals surface area contributed by atoms with Gasteiger partial charge in [-0.15, -0.1) is 0 Å². The fraction of sp³-hybridized carbons (Fsp3) is 0.462. The van der Waals surface area contributed by atoms with Crippen LogP contribution in [0.25, 0.3) is 0 Å². The van der Waals surface area contributed by atoms with Crippen molar-refractivity contribution in [1.29, 1.82) is 0 Å². The Morgan fingerprint density at radius 3 is 2.59 bits per heavy atom. The maximum atomic E-state index is 13.5. The minimum absolute atomic E-state index is 0.340. The van der Waals surface area contributed by atoms with Crippen molar-refractivity contribution in [3.8, 4) is 0 Å². The zero-order valence-electron chi connectivity index (χ0n) is 9.82. The van der Waals surface area contributed by atoms with Crippen LogP contribution in [0.2, 0.25) is 0 Å². The number of hydrogen-bond donors (Lipinski definition) is 1. The second kappa shape index (κ2) is 4.84. The van der Waals surface area contributed by atoms with Gasteiger partial charge in [0, 0.05) is 0 Å². The van der Waals surface area contributed by atoms with Crippen molar-refractivity contribution in [2.24, 2.45) is 0 Å². The third-order valence-electron chi connectivity index (χ3n) is 3.25. The topological polar surface area (TPSA) is 40.5 Å². The average Bonchev–Trinajstić information content (AvgIpc) is 2.76. The van der Waals surface area contributed by atoms with E-state index in [1.807, 2.05) is 4.90 Å². The molecule has 1 unspecified atom stereocenters. The van der Waals surface area contributed by atoms with Crippen molar-refractivity contribution in [3.63, 3.8) is 0 Å². The molecule has 0 amide bonds. The van der Waals surface area contributed by atoms with E-state index in [4.69, 9.17) is 0 Å². The molecule has 1 fully saturated rings. The summed E-state index contributed by atoms with van der Waals surface area (Å²) < 4.78 is 13.5. The van der Waals surface area contributed by atoms with Gasteiger partial charge in [0.15, 0.2) is 0 Å². The maximum Gasteiger partial charge on any atom is 0.325 e. The number of carbonyl (C=O) groups is 1. The molecule has 1 aliphatic rings. The van der Waals surface area contributed by atoms with Gasteiger partial charge in [-0.3, -0.25) is 9.69 Å². The summed E-state index contributed by atoms with van der Waals surface area (Å²) >= 11 is 0. The smallest absolute Gasteiger partial charge is 0.325 e. The monoisotopic (exact) mass is 237 g/mol. The van der Waals surface area contributed by atoms with E-state index in [9.17, 15) is 14.3 Å². The molecule has 1 aromatic rings. The molecule has 0 radical (unpaired) electrons. The van der Waals surface area contributed by atoms with Gasteiger partial charge in [0.25, 0.3) is 0 Å². The van der Waals surface area contributed by atoms with Crippen LogP contribution in [0, 0.1) is 12.7 Å². The summed E-state index contributed by atoms with van der Waals surface area (Å²) in [6.07, 6.45) is 2.02. The van der Waals surface area contributed by atoms with E-state index in [0.29, 0.717) is 11.1 Å². The molecule has 0 aliphatic carbocycles. The number of benzene rings is 1. The quantitative estimate of drug-likeness (QED) is 0.877. The summed E-state index contributed by atoms with van der Waals surface area (Å²) in [6, 6.07) is 3.96. The molecule has 1 N–H and O–H groups in total. The van der Waals surface area contributed by atoms with E-state index in [-0.39, 0.29) is 5.82 Å². The number of aryl methyl sites for hydroxylation is 1. The first kappa shape index (κ1) is 12.0. The molecule has 1 saturated heterocycles. The van der Waals surface area contributed by atoms with Crippen LogP contribution < -0.4 is 0 Å². The number of aliphatic carboxylic acids is 1. The molecule has 0 aromatic heterocycles. The Morgan fingerprint density at radius 2 is 2.06 bits per heavy atom. The molecule has 0 bridgehead atoms. The summed E-state index contributed by atoms with van der Waals surface area (Å²) in [5.41, 5.74) is 1.07. The lowest BCUT2D eigenvalue weighted by molar-refractivity contribution is -0.143. The highest BCUT2D eigenvalue weighted by molar-refractivity contribution is 5.75. The summed E-state index contributed by atoms with van der Waals surface area (Å²) in [5.74, 6) is -1.25. The Morgan fingerprint density at radius 1 is 1.41 bits per heavy atom.